The minimum absolute atomic E-state index is 0.253. The molecule has 1 saturated heterocycles. The summed E-state index contributed by atoms with van der Waals surface area (Å²) < 4.78 is 0. The maximum Gasteiger partial charge on any atom is 0.0948 e. The molecule has 0 aromatic heterocycles. The van der Waals surface area contributed by atoms with Crippen LogP contribution in [-0.4, -0.2) is 18.0 Å². The van der Waals surface area contributed by atoms with Crippen molar-refractivity contribution in [2.75, 3.05) is 13.1 Å². The highest BCUT2D eigenvalue weighted by molar-refractivity contribution is 6.25. The van der Waals surface area contributed by atoms with Gasteiger partial charge in [-0.3, -0.25) is 4.90 Å². The fourth-order valence-corrected chi connectivity index (χ4v) is 4.02. The van der Waals surface area contributed by atoms with Crippen LogP contribution in [0.5, 0.6) is 0 Å². The summed E-state index contributed by atoms with van der Waals surface area (Å²) in [5.41, 5.74) is 3.84. The van der Waals surface area contributed by atoms with Crippen molar-refractivity contribution in [2.45, 2.75) is 10.9 Å². The van der Waals surface area contributed by atoms with E-state index in [1.165, 1.54) is 16.7 Å². The summed E-state index contributed by atoms with van der Waals surface area (Å²) >= 11 is 6.90. The molecule has 1 fully saturated rings. The number of alkyl halides is 1. The fourth-order valence-electron chi connectivity index (χ4n) is 3.58. The van der Waals surface area contributed by atoms with Crippen molar-refractivity contribution in [2.24, 2.45) is 0 Å². The second-order valence-electron chi connectivity index (χ2n) is 6.46. The van der Waals surface area contributed by atoms with Gasteiger partial charge in [-0.2, -0.15) is 0 Å². The van der Waals surface area contributed by atoms with Gasteiger partial charge in [-0.05, 0) is 16.7 Å². The lowest BCUT2D eigenvalue weighted by molar-refractivity contribution is 0.0868. The summed E-state index contributed by atoms with van der Waals surface area (Å²) in [6, 6.07) is 32.1. The molecule has 0 unspecified atom stereocenters. The SMILES string of the molecule is ClC1(c2ccccc2)CN(C(c2ccccc2)c2ccccc2)C1. The topological polar surface area (TPSA) is 3.24 Å². The summed E-state index contributed by atoms with van der Waals surface area (Å²) in [6.45, 7) is 1.71. The van der Waals surface area contributed by atoms with Gasteiger partial charge in [-0.15, -0.1) is 11.6 Å². The molecule has 0 radical (unpaired) electrons. The molecule has 3 aromatic carbocycles. The van der Waals surface area contributed by atoms with Crippen LogP contribution in [0, 0.1) is 0 Å². The summed E-state index contributed by atoms with van der Waals surface area (Å²) in [5, 5.41) is 0. The summed E-state index contributed by atoms with van der Waals surface area (Å²) in [5.74, 6) is 0. The molecule has 120 valence electrons. The Bertz CT molecular complexity index is 740. The lowest BCUT2D eigenvalue weighted by atomic mass is 9.85. The van der Waals surface area contributed by atoms with E-state index in [-0.39, 0.29) is 10.9 Å². The van der Waals surface area contributed by atoms with Gasteiger partial charge in [0.2, 0.25) is 0 Å². The smallest absolute Gasteiger partial charge is 0.0948 e. The fraction of sp³-hybridized carbons (Fsp3) is 0.182. The van der Waals surface area contributed by atoms with Crippen molar-refractivity contribution < 1.29 is 0 Å². The van der Waals surface area contributed by atoms with Gasteiger partial charge in [0.05, 0.1) is 10.9 Å². The Hall–Kier alpha value is -2.09. The van der Waals surface area contributed by atoms with E-state index in [1.807, 2.05) is 6.07 Å². The van der Waals surface area contributed by atoms with Crippen molar-refractivity contribution in [1.29, 1.82) is 0 Å². The van der Waals surface area contributed by atoms with Crippen molar-refractivity contribution in [3.05, 3.63) is 108 Å². The first kappa shape index (κ1) is 15.4. The van der Waals surface area contributed by atoms with Crippen LogP contribution in [0.2, 0.25) is 0 Å². The minimum Gasteiger partial charge on any atom is -0.288 e. The van der Waals surface area contributed by atoms with Gasteiger partial charge in [-0.1, -0.05) is 91.0 Å². The summed E-state index contributed by atoms with van der Waals surface area (Å²) in [6.07, 6.45) is 0. The molecular weight excluding hydrogens is 314 g/mol. The molecule has 4 rings (SSSR count). The van der Waals surface area contributed by atoms with Gasteiger partial charge in [0.1, 0.15) is 0 Å². The first-order valence-electron chi connectivity index (χ1n) is 8.35. The molecule has 1 heterocycles. The molecule has 1 aliphatic heterocycles. The van der Waals surface area contributed by atoms with E-state index >= 15 is 0 Å². The first-order chi connectivity index (χ1) is 11.8. The predicted molar refractivity (Wildman–Crippen MR) is 100 cm³/mol. The van der Waals surface area contributed by atoms with Gasteiger partial charge in [0.15, 0.2) is 0 Å². The van der Waals surface area contributed by atoms with E-state index < -0.39 is 0 Å². The highest BCUT2D eigenvalue weighted by Crippen LogP contribution is 2.44. The molecule has 24 heavy (non-hydrogen) atoms. The number of halogens is 1. The lowest BCUT2D eigenvalue weighted by Gasteiger charge is -2.50. The normalized spacial score (nSPS) is 16.8. The quantitative estimate of drug-likeness (QED) is 0.591. The molecule has 0 amide bonds. The maximum absolute atomic E-state index is 6.90. The van der Waals surface area contributed by atoms with Gasteiger partial charge < -0.3 is 0 Å². The summed E-state index contributed by atoms with van der Waals surface area (Å²) in [7, 11) is 0. The van der Waals surface area contributed by atoms with Gasteiger partial charge in [0.25, 0.3) is 0 Å². The number of likely N-dealkylation sites (tertiary alicyclic amines) is 1. The number of benzene rings is 3. The molecule has 0 saturated carbocycles. The first-order valence-corrected chi connectivity index (χ1v) is 8.72. The van der Waals surface area contributed by atoms with Crippen LogP contribution in [-0.2, 0) is 4.87 Å². The minimum atomic E-state index is -0.275. The van der Waals surface area contributed by atoms with Crippen LogP contribution in [0.3, 0.4) is 0 Å². The Morgan fingerprint density at radius 2 is 1.08 bits per heavy atom. The average Bonchev–Trinajstić information content (AvgIpc) is 2.63. The van der Waals surface area contributed by atoms with Crippen LogP contribution in [0.25, 0.3) is 0 Å². The van der Waals surface area contributed by atoms with Crippen LogP contribution in [0.1, 0.15) is 22.7 Å². The van der Waals surface area contributed by atoms with Crippen LogP contribution >= 0.6 is 11.6 Å². The molecule has 0 N–H and O–H groups in total. The third-order valence-corrected chi connectivity index (χ3v) is 5.25. The summed E-state index contributed by atoms with van der Waals surface area (Å²) in [4.78, 5) is 2.19. The molecule has 2 heteroatoms. The molecule has 1 aliphatic rings. The lowest BCUT2D eigenvalue weighted by Crippen LogP contribution is -2.57. The Morgan fingerprint density at radius 1 is 0.667 bits per heavy atom. The van der Waals surface area contributed by atoms with Crippen molar-refractivity contribution in [1.82, 2.24) is 4.90 Å². The Morgan fingerprint density at radius 3 is 1.54 bits per heavy atom. The van der Waals surface area contributed by atoms with E-state index in [4.69, 9.17) is 11.6 Å². The molecule has 0 atom stereocenters. The van der Waals surface area contributed by atoms with Gasteiger partial charge >= 0.3 is 0 Å². The van der Waals surface area contributed by atoms with E-state index in [0.29, 0.717) is 0 Å². The van der Waals surface area contributed by atoms with Crippen molar-refractivity contribution in [3.8, 4) is 0 Å². The zero-order valence-electron chi connectivity index (χ0n) is 13.5. The molecule has 0 spiro atoms. The predicted octanol–water partition coefficient (Wildman–Crippen LogP) is 5.23. The second kappa shape index (κ2) is 6.43. The molecule has 3 aromatic rings. The third-order valence-electron chi connectivity index (χ3n) is 4.79. The zero-order valence-corrected chi connectivity index (χ0v) is 14.2. The van der Waals surface area contributed by atoms with E-state index in [0.717, 1.165) is 13.1 Å². The number of hydrogen-bond donors (Lipinski definition) is 0. The Kier molecular flexibility index (Phi) is 4.13. The average molecular weight is 334 g/mol. The monoisotopic (exact) mass is 333 g/mol. The van der Waals surface area contributed by atoms with Crippen LogP contribution in [0.15, 0.2) is 91.0 Å². The third kappa shape index (κ3) is 2.86. The van der Waals surface area contributed by atoms with E-state index in [9.17, 15) is 0 Å². The van der Waals surface area contributed by atoms with Crippen molar-refractivity contribution >= 4 is 11.6 Å². The number of hydrogen-bond acceptors (Lipinski definition) is 1. The van der Waals surface area contributed by atoms with Crippen LogP contribution < -0.4 is 0 Å². The van der Waals surface area contributed by atoms with Gasteiger partial charge in [-0.25, -0.2) is 0 Å². The zero-order chi connectivity index (χ0) is 16.4. The molecule has 0 aliphatic carbocycles. The Labute approximate surface area is 148 Å². The van der Waals surface area contributed by atoms with E-state index in [1.54, 1.807) is 0 Å². The largest absolute Gasteiger partial charge is 0.288 e. The maximum atomic E-state index is 6.90. The Balaban J connectivity index is 1.63. The molecule has 1 nitrogen and oxygen atoms in total. The molecular formula is C22H20ClN. The highest BCUT2D eigenvalue weighted by Gasteiger charge is 2.45. The van der Waals surface area contributed by atoms with Gasteiger partial charge in [0, 0.05) is 13.1 Å². The number of rotatable bonds is 4. The highest BCUT2D eigenvalue weighted by atomic mass is 35.5. The standard InChI is InChI=1S/C22H20ClN/c23-22(20-14-8-3-9-15-20)16-24(17-22)21(18-10-4-1-5-11-18)19-12-6-2-7-13-19/h1-15,21H,16-17H2. The second-order valence-corrected chi connectivity index (χ2v) is 7.18. The van der Waals surface area contributed by atoms with E-state index in [2.05, 4.69) is 89.8 Å². The van der Waals surface area contributed by atoms with Crippen molar-refractivity contribution in [3.63, 3.8) is 0 Å². The van der Waals surface area contributed by atoms with Crippen LogP contribution in [0.4, 0.5) is 0 Å². The molecule has 0 bridgehead atoms. The number of nitrogens with zero attached hydrogens (tertiary/aromatic N) is 1.